The molecule has 29 heavy (non-hydrogen) atoms. The number of carbonyl (C=O) groups excluding carboxylic acids is 2. The second-order valence-corrected chi connectivity index (χ2v) is 7.55. The van der Waals surface area contributed by atoms with Crippen molar-refractivity contribution in [3.8, 4) is 12.3 Å². The highest BCUT2D eigenvalue weighted by atomic mass is 19.1. The Morgan fingerprint density at radius 1 is 1.28 bits per heavy atom. The van der Waals surface area contributed by atoms with Gasteiger partial charge in [0.15, 0.2) is 0 Å². The number of terminal acetylenes is 1. The molecule has 1 unspecified atom stereocenters. The van der Waals surface area contributed by atoms with E-state index >= 15 is 0 Å². The molecule has 0 aliphatic carbocycles. The first-order valence-corrected chi connectivity index (χ1v) is 9.77. The number of aryl methyl sites for hydroxylation is 2. The van der Waals surface area contributed by atoms with E-state index in [-0.39, 0.29) is 30.1 Å². The zero-order chi connectivity index (χ0) is 21.0. The number of nitrogens with one attached hydrogen (secondary N) is 1. The molecule has 0 aromatic heterocycles. The molecule has 1 heterocycles. The fourth-order valence-corrected chi connectivity index (χ4v) is 4.02. The standard InChI is InChI=1S/C24H25FN2O2/c1-4-11-26-24(29)20-12-16(2)23(17(3)13-20)27-15-18(9-10-22(27)28)14-19-7-5-6-8-21(19)25/h1,5-8,12-13,18H,9-11,14-15H2,2-3H3,(H,26,29). The Morgan fingerprint density at radius 3 is 2.62 bits per heavy atom. The first-order chi connectivity index (χ1) is 13.9. The van der Waals surface area contributed by atoms with Crippen LogP contribution in [-0.4, -0.2) is 24.9 Å². The maximum atomic E-state index is 14.0. The minimum absolute atomic E-state index is 0.0607. The molecule has 0 spiro atoms. The fourth-order valence-electron chi connectivity index (χ4n) is 4.02. The summed E-state index contributed by atoms with van der Waals surface area (Å²) in [4.78, 5) is 26.7. The van der Waals surface area contributed by atoms with Gasteiger partial charge in [-0.25, -0.2) is 4.39 Å². The van der Waals surface area contributed by atoms with Crippen molar-refractivity contribution in [2.45, 2.75) is 33.1 Å². The Hall–Kier alpha value is -3.13. The third-order valence-electron chi connectivity index (χ3n) is 5.35. The van der Waals surface area contributed by atoms with E-state index < -0.39 is 0 Å². The van der Waals surface area contributed by atoms with Gasteiger partial charge in [0.05, 0.1) is 6.54 Å². The third kappa shape index (κ3) is 4.65. The average Bonchev–Trinajstić information content (AvgIpc) is 2.69. The molecule has 150 valence electrons. The van der Waals surface area contributed by atoms with Gasteiger partial charge in [-0.3, -0.25) is 9.59 Å². The second kappa shape index (κ2) is 8.91. The summed E-state index contributed by atoms with van der Waals surface area (Å²) in [6.07, 6.45) is 6.97. The van der Waals surface area contributed by atoms with E-state index in [1.165, 1.54) is 6.07 Å². The number of halogens is 1. The maximum Gasteiger partial charge on any atom is 0.252 e. The number of carbonyl (C=O) groups is 2. The lowest BCUT2D eigenvalue weighted by Gasteiger charge is -2.35. The molecular formula is C24H25FN2O2. The molecule has 2 aromatic carbocycles. The van der Waals surface area contributed by atoms with Crippen LogP contribution < -0.4 is 10.2 Å². The number of benzene rings is 2. The molecule has 1 aliphatic rings. The topological polar surface area (TPSA) is 49.4 Å². The molecule has 2 aromatic rings. The van der Waals surface area contributed by atoms with E-state index in [0.717, 1.165) is 23.2 Å². The molecule has 0 radical (unpaired) electrons. The summed E-state index contributed by atoms with van der Waals surface area (Å²) in [6, 6.07) is 10.4. The Labute approximate surface area is 171 Å². The van der Waals surface area contributed by atoms with Crippen molar-refractivity contribution in [2.24, 2.45) is 5.92 Å². The van der Waals surface area contributed by atoms with E-state index in [0.29, 0.717) is 30.5 Å². The predicted octanol–water partition coefficient (Wildman–Crippen LogP) is 3.79. The number of amides is 2. The Kier molecular flexibility index (Phi) is 6.33. The van der Waals surface area contributed by atoms with Crippen molar-refractivity contribution in [1.82, 2.24) is 5.32 Å². The van der Waals surface area contributed by atoms with E-state index in [2.05, 4.69) is 11.2 Å². The van der Waals surface area contributed by atoms with Gasteiger partial charge in [-0.1, -0.05) is 24.1 Å². The first kappa shape index (κ1) is 20.6. The lowest BCUT2D eigenvalue weighted by atomic mass is 9.89. The monoisotopic (exact) mass is 392 g/mol. The number of hydrogen-bond donors (Lipinski definition) is 1. The molecule has 2 amide bonds. The van der Waals surface area contributed by atoms with E-state index in [9.17, 15) is 14.0 Å². The van der Waals surface area contributed by atoms with Crippen LogP contribution in [0.5, 0.6) is 0 Å². The van der Waals surface area contributed by atoms with Gasteiger partial charge in [-0.2, -0.15) is 0 Å². The number of piperidine rings is 1. The highest BCUT2D eigenvalue weighted by molar-refractivity contribution is 5.99. The van der Waals surface area contributed by atoms with Gasteiger partial charge < -0.3 is 10.2 Å². The summed E-state index contributed by atoms with van der Waals surface area (Å²) in [5.41, 5.74) is 3.75. The van der Waals surface area contributed by atoms with Gasteiger partial charge in [-0.15, -0.1) is 6.42 Å². The summed E-state index contributed by atoms with van der Waals surface area (Å²) in [7, 11) is 0. The largest absolute Gasteiger partial charge is 0.341 e. The summed E-state index contributed by atoms with van der Waals surface area (Å²) >= 11 is 0. The van der Waals surface area contributed by atoms with Crippen molar-refractivity contribution >= 4 is 17.5 Å². The molecule has 4 nitrogen and oxygen atoms in total. The van der Waals surface area contributed by atoms with Gasteiger partial charge in [0, 0.05) is 24.2 Å². The summed E-state index contributed by atoms with van der Waals surface area (Å²) in [5.74, 6) is 2.19. The quantitative estimate of drug-likeness (QED) is 0.787. The predicted molar refractivity (Wildman–Crippen MR) is 112 cm³/mol. The van der Waals surface area contributed by atoms with Crippen molar-refractivity contribution in [1.29, 1.82) is 0 Å². The van der Waals surface area contributed by atoms with Crippen LogP contribution in [0.25, 0.3) is 0 Å². The van der Waals surface area contributed by atoms with Crippen LogP contribution in [0.2, 0.25) is 0 Å². The normalized spacial score (nSPS) is 16.4. The van der Waals surface area contributed by atoms with Gasteiger partial charge in [0.1, 0.15) is 5.82 Å². The summed E-state index contributed by atoms with van der Waals surface area (Å²) < 4.78 is 14.0. The molecule has 5 heteroatoms. The second-order valence-electron chi connectivity index (χ2n) is 7.55. The minimum Gasteiger partial charge on any atom is -0.341 e. The lowest BCUT2D eigenvalue weighted by Crippen LogP contribution is -2.41. The van der Waals surface area contributed by atoms with Crippen molar-refractivity contribution in [3.05, 3.63) is 64.5 Å². The van der Waals surface area contributed by atoms with Crippen LogP contribution in [0.1, 0.15) is 39.9 Å². The van der Waals surface area contributed by atoms with Crippen LogP contribution in [0.4, 0.5) is 10.1 Å². The summed E-state index contributed by atoms with van der Waals surface area (Å²) in [6.45, 7) is 4.50. The van der Waals surface area contributed by atoms with Crippen molar-refractivity contribution in [3.63, 3.8) is 0 Å². The zero-order valence-corrected chi connectivity index (χ0v) is 16.8. The molecule has 1 saturated heterocycles. The Bertz CT molecular complexity index is 954. The van der Waals surface area contributed by atoms with Gasteiger partial charge in [-0.05, 0) is 67.5 Å². The van der Waals surface area contributed by atoms with Crippen LogP contribution >= 0.6 is 0 Å². The van der Waals surface area contributed by atoms with Crippen molar-refractivity contribution in [2.75, 3.05) is 18.0 Å². The molecule has 3 rings (SSSR count). The fraction of sp³-hybridized carbons (Fsp3) is 0.333. The van der Waals surface area contributed by atoms with E-state index in [4.69, 9.17) is 6.42 Å². The van der Waals surface area contributed by atoms with Crippen LogP contribution in [0.15, 0.2) is 36.4 Å². The summed E-state index contributed by atoms with van der Waals surface area (Å²) in [5, 5.41) is 2.66. The van der Waals surface area contributed by atoms with E-state index in [1.54, 1.807) is 29.2 Å². The molecule has 1 fully saturated rings. The van der Waals surface area contributed by atoms with Crippen LogP contribution in [0, 0.1) is 37.9 Å². The molecular weight excluding hydrogens is 367 g/mol. The number of hydrogen-bond acceptors (Lipinski definition) is 2. The Balaban J connectivity index is 1.83. The van der Waals surface area contributed by atoms with E-state index in [1.807, 2.05) is 19.9 Å². The SMILES string of the molecule is C#CCNC(=O)c1cc(C)c(N2CC(Cc3ccccc3F)CCC2=O)c(C)c1. The molecule has 1 N–H and O–H groups in total. The highest BCUT2D eigenvalue weighted by Crippen LogP contribution is 2.32. The maximum absolute atomic E-state index is 14.0. The Morgan fingerprint density at radius 2 is 1.97 bits per heavy atom. The molecule has 0 saturated carbocycles. The minimum atomic E-state index is -0.233. The average molecular weight is 392 g/mol. The zero-order valence-electron chi connectivity index (χ0n) is 16.8. The lowest BCUT2D eigenvalue weighted by molar-refractivity contribution is -0.120. The van der Waals surface area contributed by atoms with Gasteiger partial charge in [0.2, 0.25) is 5.91 Å². The molecule has 1 atom stereocenters. The smallest absolute Gasteiger partial charge is 0.252 e. The van der Waals surface area contributed by atoms with Crippen LogP contribution in [-0.2, 0) is 11.2 Å². The number of rotatable bonds is 5. The molecule has 1 aliphatic heterocycles. The first-order valence-electron chi connectivity index (χ1n) is 9.77. The number of anilines is 1. The molecule has 0 bridgehead atoms. The van der Waals surface area contributed by atoms with Crippen LogP contribution in [0.3, 0.4) is 0 Å². The van der Waals surface area contributed by atoms with Gasteiger partial charge in [0.25, 0.3) is 5.91 Å². The number of nitrogens with zero attached hydrogens (tertiary/aromatic N) is 1. The third-order valence-corrected chi connectivity index (χ3v) is 5.35. The van der Waals surface area contributed by atoms with Crippen molar-refractivity contribution < 1.29 is 14.0 Å². The van der Waals surface area contributed by atoms with Gasteiger partial charge >= 0.3 is 0 Å². The highest BCUT2D eigenvalue weighted by Gasteiger charge is 2.29.